The number of imidazole rings is 1. The number of anilines is 1. The average Bonchev–Trinajstić information content (AvgIpc) is 2.69. The van der Waals surface area contributed by atoms with Crippen molar-refractivity contribution >= 4 is 34.8 Å². The van der Waals surface area contributed by atoms with Crippen molar-refractivity contribution in [2.75, 3.05) is 11.1 Å². The fourth-order valence-corrected chi connectivity index (χ4v) is 2.33. The Morgan fingerprint density at radius 3 is 3.17 bits per heavy atom. The Kier molecular flexibility index (Phi) is 3.88. The first kappa shape index (κ1) is 12.5. The fourth-order valence-electron chi connectivity index (χ4n) is 1.48. The van der Waals surface area contributed by atoms with Crippen molar-refractivity contribution in [2.45, 2.75) is 11.8 Å². The summed E-state index contributed by atoms with van der Waals surface area (Å²) in [5.41, 5.74) is 1.57. The summed E-state index contributed by atoms with van der Waals surface area (Å²) in [5.74, 6) is 1.16. The van der Waals surface area contributed by atoms with Crippen LogP contribution in [0, 0.1) is 0 Å². The van der Waals surface area contributed by atoms with E-state index in [4.69, 9.17) is 5.11 Å². The molecule has 0 aliphatic carbocycles. The number of hydrogen-bond donors (Lipinski definition) is 3. The van der Waals surface area contributed by atoms with Crippen LogP contribution in [0.2, 0.25) is 0 Å². The van der Waals surface area contributed by atoms with E-state index < -0.39 is 6.09 Å². The molecule has 1 amide bonds. The van der Waals surface area contributed by atoms with Gasteiger partial charge in [0, 0.05) is 10.6 Å². The molecule has 5 nitrogen and oxygen atoms in total. The Hall–Kier alpha value is -1.95. The molecule has 0 saturated carbocycles. The third kappa shape index (κ3) is 3.04. The summed E-state index contributed by atoms with van der Waals surface area (Å²) in [4.78, 5) is 18.7. The molecule has 3 N–H and O–H groups in total. The maximum absolute atomic E-state index is 10.5. The van der Waals surface area contributed by atoms with Gasteiger partial charge in [-0.2, -0.15) is 0 Å². The van der Waals surface area contributed by atoms with Crippen LogP contribution in [-0.4, -0.2) is 26.9 Å². The lowest BCUT2D eigenvalue weighted by molar-refractivity contribution is 0.209. The van der Waals surface area contributed by atoms with E-state index in [9.17, 15) is 4.79 Å². The van der Waals surface area contributed by atoms with Crippen LogP contribution in [-0.2, 0) is 0 Å². The summed E-state index contributed by atoms with van der Waals surface area (Å²) >= 11 is 1.71. The number of aromatic amines is 1. The van der Waals surface area contributed by atoms with Gasteiger partial charge in [-0.15, -0.1) is 11.8 Å². The lowest BCUT2D eigenvalue weighted by Crippen LogP contribution is -2.08. The van der Waals surface area contributed by atoms with Crippen LogP contribution in [0.4, 0.5) is 10.7 Å². The molecule has 0 bridgehead atoms. The number of fused-ring (bicyclic) bond motifs is 1. The number of nitrogens with one attached hydrogen (secondary N) is 2. The van der Waals surface area contributed by atoms with E-state index in [1.165, 1.54) is 0 Å². The number of carbonyl (C=O) groups is 1. The Bertz CT molecular complexity index is 592. The van der Waals surface area contributed by atoms with Crippen molar-refractivity contribution in [1.82, 2.24) is 9.97 Å². The SMILES string of the molecule is CC=CCSc1ccc2nc(NC(=O)O)[nH]c2c1. The Morgan fingerprint density at radius 2 is 2.44 bits per heavy atom. The molecule has 0 aliphatic rings. The van der Waals surface area contributed by atoms with Crippen molar-refractivity contribution in [1.29, 1.82) is 0 Å². The summed E-state index contributed by atoms with van der Waals surface area (Å²) in [6.45, 7) is 1.99. The normalized spacial score (nSPS) is 11.2. The molecule has 0 radical (unpaired) electrons. The minimum atomic E-state index is -1.13. The number of benzene rings is 1. The highest BCUT2D eigenvalue weighted by Crippen LogP contribution is 2.23. The molecule has 1 aromatic heterocycles. The molecule has 0 aliphatic heterocycles. The van der Waals surface area contributed by atoms with Gasteiger partial charge in [0.1, 0.15) is 0 Å². The summed E-state index contributed by atoms with van der Waals surface area (Å²) in [6.07, 6.45) is 2.97. The highest BCUT2D eigenvalue weighted by molar-refractivity contribution is 7.99. The van der Waals surface area contributed by atoms with E-state index in [2.05, 4.69) is 21.4 Å². The number of allylic oxidation sites excluding steroid dienone is 1. The standard InChI is InChI=1S/C12H13N3O2S/c1-2-3-6-18-8-4-5-9-10(7-8)14-11(13-9)15-12(16)17/h2-5,7H,6H2,1H3,(H,16,17)(H2,13,14,15). The number of nitrogens with zero attached hydrogens (tertiary/aromatic N) is 1. The van der Waals surface area contributed by atoms with Crippen molar-refractivity contribution in [3.05, 3.63) is 30.4 Å². The molecular formula is C12H13N3O2S. The van der Waals surface area contributed by atoms with Crippen LogP contribution in [0.3, 0.4) is 0 Å². The van der Waals surface area contributed by atoms with E-state index in [-0.39, 0.29) is 5.95 Å². The monoisotopic (exact) mass is 263 g/mol. The lowest BCUT2D eigenvalue weighted by Gasteiger charge is -1.97. The first-order valence-corrected chi connectivity index (χ1v) is 6.41. The number of thioether (sulfide) groups is 1. The molecule has 1 heterocycles. The summed E-state index contributed by atoms with van der Waals surface area (Å²) < 4.78 is 0. The number of carboxylic acid groups (broad SMARTS) is 1. The molecule has 18 heavy (non-hydrogen) atoms. The highest BCUT2D eigenvalue weighted by atomic mass is 32.2. The van der Waals surface area contributed by atoms with Crippen molar-refractivity contribution < 1.29 is 9.90 Å². The van der Waals surface area contributed by atoms with E-state index >= 15 is 0 Å². The average molecular weight is 263 g/mol. The number of amides is 1. The second-order valence-electron chi connectivity index (χ2n) is 3.57. The zero-order chi connectivity index (χ0) is 13.0. The number of hydrogen-bond acceptors (Lipinski definition) is 3. The molecule has 0 atom stereocenters. The molecule has 94 valence electrons. The molecule has 1 aromatic carbocycles. The Balaban J connectivity index is 2.19. The van der Waals surface area contributed by atoms with Gasteiger partial charge in [0.2, 0.25) is 5.95 Å². The second-order valence-corrected chi connectivity index (χ2v) is 4.67. The third-order valence-corrected chi connectivity index (χ3v) is 3.21. The van der Waals surface area contributed by atoms with Gasteiger partial charge in [0.25, 0.3) is 0 Å². The second kappa shape index (κ2) is 5.59. The van der Waals surface area contributed by atoms with Gasteiger partial charge >= 0.3 is 6.09 Å². The van der Waals surface area contributed by atoms with Crippen molar-refractivity contribution in [2.24, 2.45) is 0 Å². The Morgan fingerprint density at radius 1 is 1.61 bits per heavy atom. The summed E-state index contributed by atoms with van der Waals surface area (Å²) in [6, 6.07) is 5.81. The Labute approximate surface area is 108 Å². The molecule has 2 rings (SSSR count). The quantitative estimate of drug-likeness (QED) is 0.584. The number of H-pyrrole nitrogens is 1. The van der Waals surface area contributed by atoms with Crippen LogP contribution >= 0.6 is 11.8 Å². The topological polar surface area (TPSA) is 78.0 Å². The molecule has 0 unspecified atom stereocenters. The molecule has 6 heteroatoms. The van der Waals surface area contributed by atoms with Crippen LogP contribution < -0.4 is 5.32 Å². The van der Waals surface area contributed by atoms with Gasteiger partial charge in [-0.3, -0.25) is 5.32 Å². The predicted octanol–water partition coefficient (Wildman–Crippen LogP) is 3.32. The smallest absolute Gasteiger partial charge is 0.411 e. The zero-order valence-electron chi connectivity index (χ0n) is 9.80. The molecular weight excluding hydrogens is 250 g/mol. The number of aromatic nitrogens is 2. The number of rotatable bonds is 4. The minimum absolute atomic E-state index is 0.244. The van der Waals surface area contributed by atoms with Crippen LogP contribution in [0.5, 0.6) is 0 Å². The van der Waals surface area contributed by atoms with Crippen molar-refractivity contribution in [3.63, 3.8) is 0 Å². The zero-order valence-corrected chi connectivity index (χ0v) is 10.6. The predicted molar refractivity (Wildman–Crippen MR) is 73.3 cm³/mol. The summed E-state index contributed by atoms with van der Waals surface area (Å²) in [7, 11) is 0. The molecule has 0 spiro atoms. The van der Waals surface area contributed by atoms with Crippen LogP contribution in [0.1, 0.15) is 6.92 Å². The minimum Gasteiger partial charge on any atom is -0.465 e. The first-order chi connectivity index (χ1) is 8.69. The highest BCUT2D eigenvalue weighted by Gasteiger charge is 2.05. The van der Waals surface area contributed by atoms with Gasteiger partial charge in [0.05, 0.1) is 11.0 Å². The largest absolute Gasteiger partial charge is 0.465 e. The van der Waals surface area contributed by atoms with E-state index in [1.54, 1.807) is 11.8 Å². The van der Waals surface area contributed by atoms with Crippen LogP contribution in [0.25, 0.3) is 11.0 Å². The van der Waals surface area contributed by atoms with E-state index in [1.807, 2.05) is 31.2 Å². The molecule has 2 aromatic rings. The van der Waals surface area contributed by atoms with Gasteiger partial charge in [0.15, 0.2) is 0 Å². The maximum atomic E-state index is 10.5. The molecule has 0 saturated heterocycles. The van der Waals surface area contributed by atoms with Gasteiger partial charge < -0.3 is 10.1 Å². The van der Waals surface area contributed by atoms with E-state index in [0.717, 1.165) is 21.7 Å². The van der Waals surface area contributed by atoms with Gasteiger partial charge in [-0.25, -0.2) is 9.78 Å². The van der Waals surface area contributed by atoms with Gasteiger partial charge in [-0.1, -0.05) is 12.2 Å². The van der Waals surface area contributed by atoms with E-state index in [0.29, 0.717) is 0 Å². The third-order valence-electron chi connectivity index (χ3n) is 2.26. The van der Waals surface area contributed by atoms with Crippen molar-refractivity contribution in [3.8, 4) is 0 Å². The first-order valence-electron chi connectivity index (χ1n) is 5.42. The van der Waals surface area contributed by atoms with Gasteiger partial charge in [-0.05, 0) is 25.1 Å². The molecule has 0 fully saturated rings. The summed E-state index contributed by atoms with van der Waals surface area (Å²) in [5, 5.41) is 10.8. The van der Waals surface area contributed by atoms with Crippen LogP contribution in [0.15, 0.2) is 35.2 Å². The lowest BCUT2D eigenvalue weighted by atomic mass is 10.3. The fraction of sp³-hybridized carbons (Fsp3) is 0.167. The maximum Gasteiger partial charge on any atom is 0.411 e.